The van der Waals surface area contributed by atoms with Crippen molar-refractivity contribution in [3.05, 3.63) is 76.7 Å². The van der Waals surface area contributed by atoms with Crippen LogP contribution in [0.4, 0.5) is 5.69 Å². The molecule has 0 N–H and O–H groups in total. The SMILES string of the molecule is Cc1ccc(/C=C/c2onc(C)c2S(=O)(=O)N2CCC[C@@H](C(=O)N(C)c3cccc(C)c3)C2)cc1. The average molecular weight is 494 g/mol. The van der Waals surface area contributed by atoms with E-state index in [9.17, 15) is 13.2 Å². The zero-order chi connectivity index (χ0) is 25.2. The summed E-state index contributed by atoms with van der Waals surface area (Å²) in [5.41, 5.74) is 4.23. The standard InChI is InChI=1S/C27H31N3O4S/c1-19-10-12-22(13-11-19)14-15-25-26(21(3)28-34-25)35(32,33)30-16-6-8-23(18-30)27(31)29(4)24-9-5-7-20(2)17-24/h5,7,9-15,17,23H,6,8,16,18H2,1-4H3/b15-14+/t23-/m1/s1. The van der Waals surface area contributed by atoms with Crippen LogP contribution in [0.5, 0.6) is 0 Å². The van der Waals surface area contributed by atoms with Gasteiger partial charge in [0.05, 0.1) is 5.92 Å². The van der Waals surface area contributed by atoms with E-state index in [1.54, 1.807) is 31.0 Å². The second-order valence-corrected chi connectivity index (χ2v) is 11.0. The summed E-state index contributed by atoms with van der Waals surface area (Å²) >= 11 is 0. The fourth-order valence-electron chi connectivity index (χ4n) is 4.38. The first-order valence-corrected chi connectivity index (χ1v) is 13.2. The molecule has 1 amide bonds. The van der Waals surface area contributed by atoms with E-state index in [-0.39, 0.29) is 23.1 Å². The highest BCUT2D eigenvalue weighted by Gasteiger charge is 2.37. The van der Waals surface area contributed by atoms with E-state index in [0.717, 1.165) is 22.4 Å². The molecule has 8 heteroatoms. The lowest BCUT2D eigenvalue weighted by atomic mass is 9.98. The molecule has 7 nitrogen and oxygen atoms in total. The van der Waals surface area contributed by atoms with Crippen molar-refractivity contribution in [2.45, 2.75) is 38.5 Å². The van der Waals surface area contributed by atoms with Crippen molar-refractivity contribution in [1.82, 2.24) is 9.46 Å². The molecule has 1 atom stereocenters. The summed E-state index contributed by atoms with van der Waals surface area (Å²) in [6.07, 6.45) is 4.69. The van der Waals surface area contributed by atoms with Crippen molar-refractivity contribution < 1.29 is 17.7 Å². The van der Waals surface area contributed by atoms with Gasteiger partial charge in [0, 0.05) is 25.8 Å². The number of carbonyl (C=O) groups is 1. The molecule has 0 aliphatic carbocycles. The van der Waals surface area contributed by atoms with E-state index in [0.29, 0.717) is 25.1 Å². The summed E-state index contributed by atoms with van der Waals surface area (Å²) in [6.45, 7) is 6.09. The number of carbonyl (C=O) groups excluding carboxylic acids is 1. The molecule has 1 aliphatic rings. The molecular weight excluding hydrogens is 462 g/mol. The Hall–Kier alpha value is -3.23. The number of anilines is 1. The van der Waals surface area contributed by atoms with Crippen LogP contribution in [0.1, 0.15) is 41.0 Å². The molecule has 0 spiro atoms. The number of hydrogen-bond acceptors (Lipinski definition) is 5. The van der Waals surface area contributed by atoms with Crippen LogP contribution >= 0.6 is 0 Å². The molecule has 0 saturated carbocycles. The summed E-state index contributed by atoms with van der Waals surface area (Å²) in [7, 11) is -2.16. The first kappa shape index (κ1) is 24.9. The molecule has 1 aliphatic heterocycles. The van der Waals surface area contributed by atoms with Crippen LogP contribution in [0, 0.1) is 26.7 Å². The maximum Gasteiger partial charge on any atom is 0.248 e. The number of hydrogen-bond donors (Lipinski definition) is 0. The Morgan fingerprint density at radius 3 is 2.54 bits per heavy atom. The summed E-state index contributed by atoms with van der Waals surface area (Å²) in [5.74, 6) is -0.318. The van der Waals surface area contributed by atoms with E-state index in [1.165, 1.54) is 4.31 Å². The zero-order valence-corrected chi connectivity index (χ0v) is 21.4. The van der Waals surface area contributed by atoms with Crippen LogP contribution in [0.15, 0.2) is 57.9 Å². The molecular formula is C27H31N3O4S. The van der Waals surface area contributed by atoms with Gasteiger partial charge >= 0.3 is 0 Å². The van der Waals surface area contributed by atoms with E-state index in [1.807, 2.05) is 62.4 Å². The molecule has 1 saturated heterocycles. The summed E-state index contributed by atoms with van der Waals surface area (Å²) in [6, 6.07) is 15.6. The van der Waals surface area contributed by atoms with Gasteiger partial charge in [0.2, 0.25) is 15.9 Å². The Balaban J connectivity index is 1.55. The summed E-state index contributed by atoms with van der Waals surface area (Å²) in [4.78, 5) is 14.9. The minimum atomic E-state index is -3.90. The molecule has 35 heavy (non-hydrogen) atoms. The first-order valence-electron chi connectivity index (χ1n) is 11.7. The monoisotopic (exact) mass is 493 g/mol. The molecule has 1 aromatic heterocycles. The second-order valence-electron chi connectivity index (χ2n) is 9.14. The first-order chi connectivity index (χ1) is 16.7. The Bertz CT molecular complexity index is 1340. The maximum absolute atomic E-state index is 13.7. The van der Waals surface area contributed by atoms with Crippen LogP contribution in [0.2, 0.25) is 0 Å². The van der Waals surface area contributed by atoms with Crippen molar-refractivity contribution in [1.29, 1.82) is 0 Å². The maximum atomic E-state index is 13.7. The zero-order valence-electron chi connectivity index (χ0n) is 20.6. The molecule has 184 valence electrons. The number of benzene rings is 2. The molecule has 1 fully saturated rings. The highest BCUT2D eigenvalue weighted by molar-refractivity contribution is 7.89. The van der Waals surface area contributed by atoms with Gasteiger partial charge in [-0.05, 0) is 62.9 Å². The predicted molar refractivity (Wildman–Crippen MR) is 137 cm³/mol. The second kappa shape index (κ2) is 10.2. The Morgan fingerprint density at radius 2 is 1.83 bits per heavy atom. The largest absolute Gasteiger partial charge is 0.355 e. The van der Waals surface area contributed by atoms with Crippen LogP contribution in [-0.2, 0) is 14.8 Å². The minimum absolute atomic E-state index is 0.0565. The average Bonchev–Trinajstić information content (AvgIpc) is 3.24. The van der Waals surface area contributed by atoms with E-state index in [4.69, 9.17) is 4.52 Å². The third-order valence-electron chi connectivity index (χ3n) is 6.39. The Kier molecular flexibility index (Phi) is 7.23. The third-order valence-corrected chi connectivity index (χ3v) is 8.41. The summed E-state index contributed by atoms with van der Waals surface area (Å²) in [5, 5.41) is 3.93. The normalized spacial score (nSPS) is 17.1. The number of rotatable bonds is 6. The van der Waals surface area contributed by atoms with Gasteiger partial charge in [0.25, 0.3) is 0 Å². The summed E-state index contributed by atoms with van der Waals surface area (Å²) < 4.78 is 34.1. The number of aromatic nitrogens is 1. The van der Waals surface area contributed by atoms with Gasteiger partial charge < -0.3 is 9.42 Å². The minimum Gasteiger partial charge on any atom is -0.355 e. The van der Waals surface area contributed by atoms with E-state index in [2.05, 4.69) is 5.16 Å². The van der Waals surface area contributed by atoms with E-state index < -0.39 is 15.9 Å². The molecule has 2 heterocycles. The number of nitrogens with zero attached hydrogens (tertiary/aromatic N) is 3. The van der Waals surface area contributed by atoms with Crippen LogP contribution < -0.4 is 4.90 Å². The van der Waals surface area contributed by atoms with Crippen molar-refractivity contribution in [3.63, 3.8) is 0 Å². The lowest BCUT2D eigenvalue weighted by Gasteiger charge is -2.33. The highest BCUT2D eigenvalue weighted by atomic mass is 32.2. The molecule has 4 rings (SSSR count). The molecule has 0 radical (unpaired) electrons. The topological polar surface area (TPSA) is 83.7 Å². The molecule has 0 unspecified atom stereocenters. The lowest BCUT2D eigenvalue weighted by Crippen LogP contribution is -2.46. The molecule has 2 aromatic carbocycles. The van der Waals surface area contributed by atoms with Gasteiger partial charge in [-0.15, -0.1) is 0 Å². The van der Waals surface area contributed by atoms with Crippen molar-refractivity contribution in [2.24, 2.45) is 5.92 Å². The number of amides is 1. The van der Waals surface area contributed by atoms with Crippen molar-refractivity contribution >= 4 is 33.8 Å². The van der Waals surface area contributed by atoms with Gasteiger partial charge in [-0.2, -0.15) is 4.31 Å². The Labute approximate surface area is 207 Å². The fraction of sp³-hybridized carbons (Fsp3) is 0.333. The molecule has 3 aromatic rings. The van der Waals surface area contributed by atoms with E-state index >= 15 is 0 Å². The van der Waals surface area contributed by atoms with Crippen molar-refractivity contribution in [3.8, 4) is 0 Å². The lowest BCUT2D eigenvalue weighted by molar-refractivity contribution is -0.123. The molecule has 0 bridgehead atoms. The van der Waals surface area contributed by atoms with Crippen LogP contribution in [-0.4, -0.2) is 43.9 Å². The van der Waals surface area contributed by atoms with Crippen LogP contribution in [0.3, 0.4) is 0 Å². The van der Waals surface area contributed by atoms with Crippen molar-refractivity contribution in [2.75, 3.05) is 25.0 Å². The van der Waals surface area contributed by atoms with Gasteiger partial charge in [-0.25, -0.2) is 8.42 Å². The fourth-order valence-corrected chi connectivity index (χ4v) is 6.15. The van der Waals surface area contributed by atoms with Gasteiger partial charge in [0.15, 0.2) is 10.7 Å². The van der Waals surface area contributed by atoms with Crippen LogP contribution in [0.25, 0.3) is 12.2 Å². The highest BCUT2D eigenvalue weighted by Crippen LogP contribution is 2.30. The Morgan fingerprint density at radius 1 is 1.09 bits per heavy atom. The predicted octanol–water partition coefficient (Wildman–Crippen LogP) is 4.83. The van der Waals surface area contributed by atoms with Gasteiger partial charge in [-0.1, -0.05) is 53.2 Å². The number of sulfonamides is 1. The third kappa shape index (κ3) is 5.39. The number of piperidine rings is 1. The van der Waals surface area contributed by atoms with Gasteiger partial charge in [-0.3, -0.25) is 4.79 Å². The number of aryl methyl sites for hydroxylation is 3. The smallest absolute Gasteiger partial charge is 0.248 e. The van der Waals surface area contributed by atoms with Gasteiger partial charge in [0.1, 0.15) is 5.69 Å². The quantitative estimate of drug-likeness (QED) is 0.491.